The number of hydrogen-bond donors (Lipinski definition) is 0. The largest absolute Gasteiger partial charge is 0.482 e. The highest BCUT2D eigenvalue weighted by Gasteiger charge is 2.35. The van der Waals surface area contributed by atoms with E-state index in [1.165, 1.54) is 6.07 Å². The molecule has 0 radical (unpaired) electrons. The van der Waals surface area contributed by atoms with Crippen LogP contribution in [0.3, 0.4) is 0 Å². The topological polar surface area (TPSA) is 63.7 Å². The maximum atomic E-state index is 13.2. The first-order chi connectivity index (χ1) is 16.6. The summed E-state index contributed by atoms with van der Waals surface area (Å²) in [5.74, 6) is -0.0198. The molecule has 4 rings (SSSR count). The van der Waals surface area contributed by atoms with E-state index in [1.807, 2.05) is 30.3 Å². The normalized spacial score (nSPS) is 16.7. The van der Waals surface area contributed by atoms with Gasteiger partial charge in [-0.15, -0.1) is 0 Å². The molecular formula is C25H21Cl4NO4S. The molecule has 0 spiro atoms. The Balaban J connectivity index is 1.52. The van der Waals surface area contributed by atoms with Crippen molar-refractivity contribution in [1.82, 2.24) is 4.90 Å². The first kappa shape index (κ1) is 26.1. The van der Waals surface area contributed by atoms with E-state index in [9.17, 15) is 13.2 Å². The number of rotatable bonds is 7. The Morgan fingerprint density at radius 3 is 2.17 bits per heavy atom. The first-order valence-electron chi connectivity index (χ1n) is 10.7. The highest BCUT2D eigenvalue weighted by Crippen LogP contribution is 2.31. The fourth-order valence-electron chi connectivity index (χ4n) is 3.97. The quantitative estimate of drug-likeness (QED) is 0.321. The second-order valence-corrected chi connectivity index (χ2v) is 12.2. The SMILES string of the molecule is O=C(COc1ccc(Cl)cc1Cl)N(Cc1ccc(-c2ccc(Cl)cc2Cl)cc1)C1CCS(=O)(=O)C1. The molecule has 3 aromatic carbocycles. The van der Waals surface area contributed by atoms with Gasteiger partial charge in [0.2, 0.25) is 0 Å². The third-order valence-corrected chi connectivity index (χ3v) is 8.59. The lowest BCUT2D eigenvalue weighted by atomic mass is 10.0. The molecule has 5 nitrogen and oxygen atoms in total. The van der Waals surface area contributed by atoms with Crippen LogP contribution in [-0.4, -0.2) is 43.4 Å². The fraction of sp³-hybridized carbons (Fsp3) is 0.240. The van der Waals surface area contributed by atoms with Crippen molar-refractivity contribution < 1.29 is 17.9 Å². The average molecular weight is 573 g/mol. The van der Waals surface area contributed by atoms with Gasteiger partial charge < -0.3 is 9.64 Å². The maximum absolute atomic E-state index is 13.2. The Hall–Kier alpha value is -1.96. The molecule has 0 N–H and O–H groups in total. The van der Waals surface area contributed by atoms with E-state index < -0.39 is 15.9 Å². The van der Waals surface area contributed by atoms with Gasteiger partial charge in [-0.25, -0.2) is 8.42 Å². The fourth-order valence-corrected chi connectivity index (χ4v) is 6.68. The first-order valence-corrected chi connectivity index (χ1v) is 14.1. The lowest BCUT2D eigenvalue weighted by Gasteiger charge is -2.28. The van der Waals surface area contributed by atoms with Crippen LogP contribution in [0.5, 0.6) is 5.75 Å². The number of nitrogens with zero attached hydrogens (tertiary/aromatic N) is 1. The summed E-state index contributed by atoms with van der Waals surface area (Å²) in [5.41, 5.74) is 2.59. The number of halogens is 4. The van der Waals surface area contributed by atoms with E-state index in [-0.39, 0.29) is 35.6 Å². The molecule has 1 atom stereocenters. The molecular weight excluding hydrogens is 552 g/mol. The lowest BCUT2D eigenvalue weighted by molar-refractivity contribution is -0.136. The summed E-state index contributed by atoms with van der Waals surface area (Å²) >= 11 is 24.4. The molecule has 0 saturated carbocycles. The third kappa shape index (κ3) is 6.63. The monoisotopic (exact) mass is 571 g/mol. The highest BCUT2D eigenvalue weighted by atomic mass is 35.5. The van der Waals surface area contributed by atoms with Gasteiger partial charge in [-0.3, -0.25) is 4.79 Å². The predicted octanol–water partition coefficient (Wildman–Crippen LogP) is 6.56. The number of benzene rings is 3. The number of amides is 1. The van der Waals surface area contributed by atoms with E-state index >= 15 is 0 Å². The minimum absolute atomic E-state index is 0.0549. The lowest BCUT2D eigenvalue weighted by Crippen LogP contribution is -2.43. The van der Waals surface area contributed by atoms with Gasteiger partial charge in [-0.1, -0.05) is 76.7 Å². The number of carbonyl (C=O) groups is 1. The molecule has 1 amide bonds. The van der Waals surface area contributed by atoms with Gasteiger partial charge in [0.1, 0.15) is 5.75 Å². The van der Waals surface area contributed by atoms with Crippen molar-refractivity contribution in [3.05, 3.63) is 86.3 Å². The molecule has 1 unspecified atom stereocenters. The van der Waals surface area contributed by atoms with Crippen LogP contribution in [0.4, 0.5) is 0 Å². The Kier molecular flexibility index (Phi) is 8.19. The molecule has 0 aliphatic carbocycles. The number of hydrogen-bond acceptors (Lipinski definition) is 4. The van der Waals surface area contributed by atoms with Gasteiger partial charge in [-0.05, 0) is 47.9 Å². The maximum Gasteiger partial charge on any atom is 0.261 e. The summed E-state index contributed by atoms with van der Waals surface area (Å²) in [6, 6.07) is 17.2. The average Bonchev–Trinajstić information content (AvgIpc) is 3.16. The molecule has 1 aliphatic heterocycles. The Labute approximate surface area is 224 Å². The van der Waals surface area contributed by atoms with Crippen LogP contribution in [-0.2, 0) is 21.2 Å². The smallest absolute Gasteiger partial charge is 0.261 e. The van der Waals surface area contributed by atoms with E-state index in [1.54, 1.807) is 29.2 Å². The molecule has 1 aliphatic rings. The van der Waals surface area contributed by atoms with Gasteiger partial charge in [-0.2, -0.15) is 0 Å². The summed E-state index contributed by atoms with van der Waals surface area (Å²) in [6.07, 6.45) is 0.383. The van der Waals surface area contributed by atoms with Crippen LogP contribution in [0.15, 0.2) is 60.7 Å². The van der Waals surface area contributed by atoms with E-state index in [0.29, 0.717) is 27.2 Å². The summed E-state index contributed by atoms with van der Waals surface area (Å²) in [4.78, 5) is 14.7. The van der Waals surface area contributed by atoms with Crippen molar-refractivity contribution in [3.63, 3.8) is 0 Å². The molecule has 1 saturated heterocycles. The zero-order valence-corrected chi connectivity index (χ0v) is 22.2. The number of sulfone groups is 1. The summed E-state index contributed by atoms with van der Waals surface area (Å²) in [7, 11) is -3.19. The summed E-state index contributed by atoms with van der Waals surface area (Å²) < 4.78 is 29.9. The summed E-state index contributed by atoms with van der Waals surface area (Å²) in [6.45, 7) is -0.0400. The van der Waals surface area contributed by atoms with E-state index in [0.717, 1.165) is 16.7 Å². The molecule has 1 fully saturated rings. The predicted molar refractivity (Wildman–Crippen MR) is 141 cm³/mol. The van der Waals surface area contributed by atoms with E-state index in [2.05, 4.69) is 0 Å². The number of carbonyl (C=O) groups excluding carboxylic acids is 1. The Bertz CT molecular complexity index is 1350. The van der Waals surface area contributed by atoms with Crippen LogP contribution < -0.4 is 4.74 Å². The van der Waals surface area contributed by atoms with Crippen LogP contribution >= 0.6 is 46.4 Å². The van der Waals surface area contributed by atoms with Crippen molar-refractivity contribution in [2.45, 2.75) is 19.0 Å². The van der Waals surface area contributed by atoms with Crippen molar-refractivity contribution in [3.8, 4) is 16.9 Å². The van der Waals surface area contributed by atoms with E-state index in [4.69, 9.17) is 51.1 Å². The summed E-state index contributed by atoms with van der Waals surface area (Å²) in [5, 5.41) is 1.83. The van der Waals surface area contributed by atoms with Crippen LogP contribution in [0.25, 0.3) is 11.1 Å². The minimum Gasteiger partial charge on any atom is -0.482 e. The van der Waals surface area contributed by atoms with Crippen molar-refractivity contribution in [2.24, 2.45) is 0 Å². The van der Waals surface area contributed by atoms with Gasteiger partial charge in [0.05, 0.1) is 16.5 Å². The minimum atomic E-state index is -3.19. The van der Waals surface area contributed by atoms with Gasteiger partial charge >= 0.3 is 0 Å². The standard InChI is InChI=1S/C25H21Cl4NO4S/c26-18-5-7-21(22(28)11-18)17-3-1-16(2-4-17)13-30(20-9-10-35(32,33)15-20)25(31)14-34-24-8-6-19(27)12-23(24)29/h1-8,11-12,20H,9-10,13-15H2. The number of ether oxygens (including phenoxy) is 1. The van der Waals surface area contributed by atoms with Gasteiger partial charge in [0.25, 0.3) is 5.91 Å². The third-order valence-electron chi connectivity index (χ3n) is 5.76. The van der Waals surface area contributed by atoms with Crippen molar-refractivity contribution in [1.29, 1.82) is 0 Å². The molecule has 10 heteroatoms. The molecule has 184 valence electrons. The Morgan fingerprint density at radius 2 is 1.57 bits per heavy atom. The highest BCUT2D eigenvalue weighted by molar-refractivity contribution is 7.91. The van der Waals surface area contributed by atoms with Gasteiger partial charge in [0, 0.05) is 33.2 Å². The van der Waals surface area contributed by atoms with Crippen molar-refractivity contribution >= 4 is 62.1 Å². The van der Waals surface area contributed by atoms with Crippen molar-refractivity contribution in [2.75, 3.05) is 18.1 Å². The molecule has 3 aromatic rings. The Morgan fingerprint density at radius 1 is 0.914 bits per heavy atom. The second kappa shape index (κ2) is 11.0. The van der Waals surface area contributed by atoms with Crippen LogP contribution in [0.1, 0.15) is 12.0 Å². The molecule has 35 heavy (non-hydrogen) atoms. The van der Waals surface area contributed by atoms with Crippen LogP contribution in [0.2, 0.25) is 20.1 Å². The zero-order valence-electron chi connectivity index (χ0n) is 18.4. The van der Waals surface area contributed by atoms with Gasteiger partial charge in [0.15, 0.2) is 16.4 Å². The second-order valence-electron chi connectivity index (χ2n) is 8.26. The molecule has 0 bridgehead atoms. The molecule has 0 aromatic heterocycles. The van der Waals surface area contributed by atoms with Crippen LogP contribution in [0, 0.1) is 0 Å². The molecule has 1 heterocycles. The zero-order chi connectivity index (χ0) is 25.2.